The summed E-state index contributed by atoms with van der Waals surface area (Å²) in [5, 5.41) is 11.7. The van der Waals surface area contributed by atoms with Crippen LogP contribution < -0.4 is 5.32 Å². The van der Waals surface area contributed by atoms with Crippen LogP contribution in [0.4, 0.5) is 8.78 Å². The van der Waals surface area contributed by atoms with Crippen LogP contribution in [0.2, 0.25) is 0 Å². The molecule has 0 aliphatic carbocycles. The van der Waals surface area contributed by atoms with Crippen molar-refractivity contribution in [3.63, 3.8) is 0 Å². The van der Waals surface area contributed by atoms with Crippen molar-refractivity contribution in [2.75, 3.05) is 0 Å². The molecule has 0 saturated carbocycles. The highest BCUT2D eigenvalue weighted by Gasteiger charge is 2.21. The molecule has 0 fully saturated rings. The predicted octanol–water partition coefficient (Wildman–Crippen LogP) is 3.79. The Labute approximate surface area is 144 Å². The third-order valence-electron chi connectivity index (χ3n) is 3.90. The highest BCUT2D eigenvalue weighted by molar-refractivity contribution is 5.78. The van der Waals surface area contributed by atoms with Crippen LogP contribution in [-0.4, -0.2) is 17.0 Å². The fourth-order valence-corrected chi connectivity index (χ4v) is 2.65. The average molecular weight is 347 g/mol. The summed E-state index contributed by atoms with van der Waals surface area (Å²) in [6.45, 7) is 1.66. The number of hydrogen-bond acceptors (Lipinski definition) is 2. The summed E-state index contributed by atoms with van der Waals surface area (Å²) in [5.41, 5.74) is 0.921. The molecule has 4 nitrogen and oxygen atoms in total. The van der Waals surface area contributed by atoms with Crippen molar-refractivity contribution in [2.45, 2.75) is 31.7 Å². The van der Waals surface area contributed by atoms with Crippen LogP contribution in [0.3, 0.4) is 0 Å². The summed E-state index contributed by atoms with van der Waals surface area (Å²) in [4.78, 5) is 23.3. The Morgan fingerprint density at radius 1 is 1.08 bits per heavy atom. The van der Waals surface area contributed by atoms with Crippen molar-refractivity contribution in [3.05, 3.63) is 71.3 Å². The molecule has 2 rings (SSSR count). The summed E-state index contributed by atoms with van der Waals surface area (Å²) in [6.07, 6.45) is -0.291. The summed E-state index contributed by atoms with van der Waals surface area (Å²) in [5.74, 6) is -3.28. The molecule has 2 aromatic carbocycles. The lowest BCUT2D eigenvalue weighted by Gasteiger charge is -2.19. The molecule has 132 valence electrons. The molecule has 0 heterocycles. The SMILES string of the molecule is CC(CC(=O)NC(CC(=O)O)c1ccccc1)c1ccc(F)cc1F. The van der Waals surface area contributed by atoms with Gasteiger partial charge in [0.15, 0.2) is 0 Å². The van der Waals surface area contributed by atoms with Crippen molar-refractivity contribution in [1.82, 2.24) is 5.32 Å². The molecule has 2 aromatic rings. The molecule has 1 amide bonds. The van der Waals surface area contributed by atoms with E-state index in [1.807, 2.05) is 0 Å². The molecule has 0 aliphatic heterocycles. The molecule has 0 saturated heterocycles. The minimum absolute atomic E-state index is 0.0362. The Hall–Kier alpha value is -2.76. The number of carbonyl (C=O) groups excluding carboxylic acids is 1. The summed E-state index contributed by atoms with van der Waals surface area (Å²) < 4.78 is 26.8. The smallest absolute Gasteiger partial charge is 0.305 e. The van der Waals surface area contributed by atoms with E-state index in [1.54, 1.807) is 37.3 Å². The zero-order valence-electron chi connectivity index (χ0n) is 13.7. The third kappa shape index (κ3) is 5.38. The van der Waals surface area contributed by atoms with Crippen LogP contribution in [0.25, 0.3) is 0 Å². The maximum absolute atomic E-state index is 13.8. The molecular formula is C19H19F2NO3. The molecule has 25 heavy (non-hydrogen) atoms. The fraction of sp³-hybridized carbons (Fsp3) is 0.263. The number of carboxylic acid groups (broad SMARTS) is 1. The summed E-state index contributed by atoms with van der Waals surface area (Å²) >= 11 is 0. The van der Waals surface area contributed by atoms with E-state index in [-0.39, 0.29) is 18.4 Å². The minimum atomic E-state index is -1.04. The quantitative estimate of drug-likeness (QED) is 0.801. The van der Waals surface area contributed by atoms with E-state index >= 15 is 0 Å². The van der Waals surface area contributed by atoms with Gasteiger partial charge in [-0.3, -0.25) is 9.59 Å². The first-order valence-electron chi connectivity index (χ1n) is 7.88. The van der Waals surface area contributed by atoms with Crippen LogP contribution in [-0.2, 0) is 9.59 Å². The van der Waals surface area contributed by atoms with Gasteiger partial charge < -0.3 is 10.4 Å². The maximum Gasteiger partial charge on any atom is 0.305 e. The summed E-state index contributed by atoms with van der Waals surface area (Å²) in [6, 6.07) is 11.3. The number of aliphatic carboxylic acids is 1. The zero-order valence-corrected chi connectivity index (χ0v) is 13.7. The first kappa shape index (κ1) is 18.6. The van der Waals surface area contributed by atoms with Gasteiger partial charge >= 0.3 is 5.97 Å². The van der Waals surface area contributed by atoms with E-state index < -0.39 is 35.5 Å². The minimum Gasteiger partial charge on any atom is -0.481 e. The Kier molecular flexibility index (Phi) is 6.22. The van der Waals surface area contributed by atoms with Gasteiger partial charge in [-0.2, -0.15) is 0 Å². The van der Waals surface area contributed by atoms with Crippen LogP contribution in [0, 0.1) is 11.6 Å². The average Bonchev–Trinajstić information content (AvgIpc) is 2.54. The van der Waals surface area contributed by atoms with Gasteiger partial charge in [-0.25, -0.2) is 8.78 Å². The molecular weight excluding hydrogens is 328 g/mol. The highest BCUT2D eigenvalue weighted by atomic mass is 19.1. The van der Waals surface area contributed by atoms with Gasteiger partial charge in [0.25, 0.3) is 0 Å². The van der Waals surface area contributed by atoms with Gasteiger partial charge in [0.1, 0.15) is 11.6 Å². The number of hydrogen-bond donors (Lipinski definition) is 2. The normalized spacial score (nSPS) is 13.1. The monoisotopic (exact) mass is 347 g/mol. The third-order valence-corrected chi connectivity index (χ3v) is 3.90. The van der Waals surface area contributed by atoms with Crippen LogP contribution >= 0.6 is 0 Å². The topological polar surface area (TPSA) is 66.4 Å². The predicted molar refractivity (Wildman–Crippen MR) is 89.0 cm³/mol. The second-order valence-corrected chi connectivity index (χ2v) is 5.90. The van der Waals surface area contributed by atoms with E-state index in [0.29, 0.717) is 5.56 Å². The number of amides is 1. The van der Waals surface area contributed by atoms with Crippen LogP contribution in [0.15, 0.2) is 48.5 Å². The van der Waals surface area contributed by atoms with Crippen molar-refractivity contribution in [1.29, 1.82) is 0 Å². The number of rotatable bonds is 7. The molecule has 2 N–H and O–H groups in total. The zero-order chi connectivity index (χ0) is 18.4. The van der Waals surface area contributed by atoms with Crippen molar-refractivity contribution in [3.8, 4) is 0 Å². The number of nitrogens with one attached hydrogen (secondary N) is 1. The number of carboxylic acids is 1. The largest absolute Gasteiger partial charge is 0.481 e. The molecule has 0 aromatic heterocycles. The summed E-state index contributed by atoms with van der Waals surface area (Å²) in [7, 11) is 0. The molecule has 0 radical (unpaired) electrons. The fourth-order valence-electron chi connectivity index (χ4n) is 2.65. The maximum atomic E-state index is 13.8. The van der Waals surface area contributed by atoms with E-state index in [1.165, 1.54) is 6.07 Å². The van der Waals surface area contributed by atoms with E-state index in [2.05, 4.69) is 5.32 Å². The number of carbonyl (C=O) groups is 2. The number of halogens is 2. The van der Waals surface area contributed by atoms with Crippen molar-refractivity contribution < 1.29 is 23.5 Å². The van der Waals surface area contributed by atoms with Gasteiger partial charge in [-0.05, 0) is 23.1 Å². The Morgan fingerprint density at radius 3 is 2.36 bits per heavy atom. The standard InChI is InChI=1S/C19H19F2NO3/c1-12(15-8-7-14(20)10-16(15)21)9-18(23)22-17(11-19(24)25)13-5-3-2-4-6-13/h2-8,10,12,17H,9,11H2,1H3,(H,22,23)(H,24,25). The van der Waals surface area contributed by atoms with Crippen molar-refractivity contribution >= 4 is 11.9 Å². The molecule has 6 heteroatoms. The van der Waals surface area contributed by atoms with E-state index in [0.717, 1.165) is 12.1 Å². The lowest BCUT2D eigenvalue weighted by atomic mass is 9.96. The Balaban J connectivity index is 2.06. The van der Waals surface area contributed by atoms with Gasteiger partial charge in [0, 0.05) is 12.5 Å². The van der Waals surface area contributed by atoms with Gasteiger partial charge in [-0.1, -0.05) is 43.3 Å². The Bertz CT molecular complexity index is 750. The molecule has 2 unspecified atom stereocenters. The lowest BCUT2D eigenvalue weighted by Crippen LogP contribution is -2.31. The van der Waals surface area contributed by atoms with Gasteiger partial charge in [-0.15, -0.1) is 0 Å². The molecule has 0 aliphatic rings. The molecule has 2 atom stereocenters. The Morgan fingerprint density at radius 2 is 1.76 bits per heavy atom. The second kappa shape index (κ2) is 8.37. The van der Waals surface area contributed by atoms with Crippen LogP contribution in [0.1, 0.15) is 42.9 Å². The first-order valence-corrected chi connectivity index (χ1v) is 7.88. The van der Waals surface area contributed by atoms with Gasteiger partial charge in [0.2, 0.25) is 5.91 Å². The first-order chi connectivity index (χ1) is 11.9. The van der Waals surface area contributed by atoms with E-state index in [9.17, 15) is 18.4 Å². The van der Waals surface area contributed by atoms with E-state index in [4.69, 9.17) is 5.11 Å². The van der Waals surface area contributed by atoms with Gasteiger partial charge in [0.05, 0.1) is 12.5 Å². The lowest BCUT2D eigenvalue weighted by molar-refractivity contribution is -0.137. The molecule has 0 spiro atoms. The second-order valence-electron chi connectivity index (χ2n) is 5.90. The van der Waals surface area contributed by atoms with Crippen LogP contribution in [0.5, 0.6) is 0 Å². The number of benzene rings is 2. The highest BCUT2D eigenvalue weighted by Crippen LogP contribution is 2.24. The molecule has 0 bridgehead atoms. The van der Waals surface area contributed by atoms with Crippen molar-refractivity contribution in [2.24, 2.45) is 0 Å².